The molecule has 1 fully saturated rings. The average Bonchev–Trinajstić information content (AvgIpc) is 3.38. The van der Waals surface area contributed by atoms with Crippen LogP contribution in [-0.2, 0) is 32.6 Å². The van der Waals surface area contributed by atoms with E-state index in [0.717, 1.165) is 55.3 Å². The van der Waals surface area contributed by atoms with E-state index in [9.17, 15) is 14.4 Å². The van der Waals surface area contributed by atoms with Gasteiger partial charge in [0.25, 0.3) is 5.91 Å². The molecule has 37 heavy (non-hydrogen) atoms. The number of hydrogen-bond acceptors (Lipinski definition) is 6. The molecule has 2 spiro atoms. The molecule has 192 valence electrons. The number of aromatic nitrogens is 2. The van der Waals surface area contributed by atoms with Crippen LogP contribution in [0.2, 0.25) is 0 Å². The van der Waals surface area contributed by atoms with E-state index >= 15 is 0 Å². The molecule has 0 bridgehead atoms. The highest BCUT2D eigenvalue weighted by molar-refractivity contribution is 6.41. The van der Waals surface area contributed by atoms with E-state index in [0.29, 0.717) is 30.1 Å². The average molecular weight is 501 g/mol. The summed E-state index contributed by atoms with van der Waals surface area (Å²) in [5.41, 5.74) is 2.51. The summed E-state index contributed by atoms with van der Waals surface area (Å²) in [6, 6.07) is 5.69. The van der Waals surface area contributed by atoms with Gasteiger partial charge in [-0.05, 0) is 49.8 Å². The first-order chi connectivity index (χ1) is 17.8. The summed E-state index contributed by atoms with van der Waals surface area (Å²) in [4.78, 5) is 55.0. The van der Waals surface area contributed by atoms with Crippen LogP contribution in [0.3, 0.4) is 0 Å². The summed E-state index contributed by atoms with van der Waals surface area (Å²) < 4.78 is 0. The molecular weight excluding hydrogens is 468 g/mol. The fourth-order valence-electron chi connectivity index (χ4n) is 6.46. The molecule has 1 unspecified atom stereocenters. The summed E-state index contributed by atoms with van der Waals surface area (Å²) in [7, 11) is 0. The molecule has 1 atom stereocenters. The Morgan fingerprint density at radius 3 is 2.68 bits per heavy atom. The zero-order chi connectivity index (χ0) is 25.8. The molecule has 4 aliphatic rings. The van der Waals surface area contributed by atoms with Crippen LogP contribution in [0.5, 0.6) is 0 Å². The van der Waals surface area contributed by atoms with Crippen molar-refractivity contribution in [2.75, 3.05) is 17.2 Å². The molecule has 2 N–H and O–H groups in total. The van der Waals surface area contributed by atoms with Gasteiger partial charge in [0.15, 0.2) is 0 Å². The van der Waals surface area contributed by atoms with Crippen molar-refractivity contribution < 1.29 is 14.4 Å². The lowest BCUT2D eigenvalue weighted by Crippen LogP contribution is -2.50. The van der Waals surface area contributed by atoms with Gasteiger partial charge >= 0.3 is 0 Å². The third-order valence-electron chi connectivity index (χ3n) is 8.34. The Balaban J connectivity index is 1.20. The maximum absolute atomic E-state index is 13.3. The fourth-order valence-corrected chi connectivity index (χ4v) is 6.46. The number of nitrogens with one attached hydrogen (secondary N) is 2. The van der Waals surface area contributed by atoms with Gasteiger partial charge in [0.2, 0.25) is 11.8 Å². The Morgan fingerprint density at radius 2 is 1.92 bits per heavy atom. The van der Waals surface area contributed by atoms with Crippen LogP contribution in [0, 0.1) is 5.92 Å². The van der Waals surface area contributed by atoms with Crippen molar-refractivity contribution in [2.45, 2.75) is 76.3 Å². The Labute approximate surface area is 216 Å². The summed E-state index contributed by atoms with van der Waals surface area (Å²) in [6.45, 7) is 3.92. The lowest BCUT2D eigenvalue weighted by molar-refractivity contribution is -0.133. The molecule has 1 saturated carbocycles. The first-order valence-electron chi connectivity index (χ1n) is 13.3. The maximum Gasteiger partial charge on any atom is 0.270 e. The summed E-state index contributed by atoms with van der Waals surface area (Å²) in [6.07, 6.45) is 10.2. The molecule has 0 radical (unpaired) electrons. The molecule has 3 amide bonds. The summed E-state index contributed by atoms with van der Waals surface area (Å²) in [5, 5.41) is 5.86. The zero-order valence-electron chi connectivity index (χ0n) is 21.3. The van der Waals surface area contributed by atoms with Crippen molar-refractivity contribution in [1.82, 2.24) is 14.9 Å². The lowest BCUT2D eigenvalue weighted by atomic mass is 9.80. The van der Waals surface area contributed by atoms with Crippen LogP contribution >= 0.6 is 0 Å². The van der Waals surface area contributed by atoms with Crippen molar-refractivity contribution in [3.05, 3.63) is 47.4 Å². The van der Waals surface area contributed by atoms with Crippen molar-refractivity contribution in [3.8, 4) is 0 Å². The largest absolute Gasteiger partial charge is 0.323 e. The van der Waals surface area contributed by atoms with Gasteiger partial charge in [-0.1, -0.05) is 32.8 Å². The predicted octanol–water partition coefficient (Wildman–Crippen LogP) is 3.39. The van der Waals surface area contributed by atoms with E-state index in [-0.39, 0.29) is 30.2 Å². The molecular formula is C28H32N6O3. The van der Waals surface area contributed by atoms with E-state index in [1.54, 1.807) is 17.3 Å². The number of aliphatic imine (C=N–C) groups is 1. The van der Waals surface area contributed by atoms with Gasteiger partial charge in [0.1, 0.15) is 23.7 Å². The zero-order valence-corrected chi connectivity index (χ0v) is 21.3. The highest BCUT2D eigenvalue weighted by Crippen LogP contribution is 2.46. The van der Waals surface area contributed by atoms with Crippen molar-refractivity contribution in [2.24, 2.45) is 10.9 Å². The monoisotopic (exact) mass is 500 g/mol. The number of anilines is 2. The lowest BCUT2D eigenvalue weighted by Gasteiger charge is -2.35. The van der Waals surface area contributed by atoms with Crippen LogP contribution in [0.25, 0.3) is 0 Å². The molecule has 9 heteroatoms. The summed E-state index contributed by atoms with van der Waals surface area (Å²) >= 11 is 0. The smallest absolute Gasteiger partial charge is 0.270 e. The topological polar surface area (TPSA) is 117 Å². The van der Waals surface area contributed by atoms with Crippen LogP contribution in [0.4, 0.5) is 11.5 Å². The minimum Gasteiger partial charge on any atom is -0.323 e. The maximum atomic E-state index is 13.3. The Kier molecular flexibility index (Phi) is 5.62. The molecule has 2 aromatic rings. The second-order valence-electron chi connectivity index (χ2n) is 11.1. The highest BCUT2D eigenvalue weighted by atomic mass is 16.2. The predicted molar refractivity (Wildman–Crippen MR) is 139 cm³/mol. The number of amides is 3. The second-order valence-corrected chi connectivity index (χ2v) is 11.1. The van der Waals surface area contributed by atoms with Gasteiger partial charge in [0, 0.05) is 29.8 Å². The third-order valence-corrected chi connectivity index (χ3v) is 8.34. The number of hydrogen-bond donors (Lipinski definition) is 2. The van der Waals surface area contributed by atoms with E-state index < -0.39 is 11.1 Å². The van der Waals surface area contributed by atoms with E-state index in [2.05, 4.69) is 20.6 Å². The van der Waals surface area contributed by atoms with Crippen molar-refractivity contribution >= 4 is 34.9 Å². The quantitative estimate of drug-likeness (QED) is 0.668. The van der Waals surface area contributed by atoms with Crippen LogP contribution in [0.15, 0.2) is 35.6 Å². The van der Waals surface area contributed by atoms with E-state index in [1.165, 1.54) is 0 Å². The molecule has 0 aromatic carbocycles. The Hall–Kier alpha value is -3.62. The Morgan fingerprint density at radius 1 is 1.14 bits per heavy atom. The second kappa shape index (κ2) is 8.75. The molecule has 2 aliphatic heterocycles. The first-order valence-corrected chi connectivity index (χ1v) is 13.3. The number of rotatable bonds is 4. The minimum absolute atomic E-state index is 0.0158. The minimum atomic E-state index is -0.708. The van der Waals surface area contributed by atoms with Gasteiger partial charge < -0.3 is 15.5 Å². The van der Waals surface area contributed by atoms with Crippen LogP contribution < -0.4 is 10.6 Å². The van der Waals surface area contributed by atoms with Crippen LogP contribution in [-0.4, -0.2) is 50.5 Å². The van der Waals surface area contributed by atoms with Gasteiger partial charge in [-0.2, -0.15) is 0 Å². The molecule has 4 heterocycles. The van der Waals surface area contributed by atoms with Crippen molar-refractivity contribution in [3.63, 3.8) is 0 Å². The number of pyridine rings is 2. The van der Waals surface area contributed by atoms with Gasteiger partial charge in [-0.15, -0.1) is 0 Å². The molecule has 2 aliphatic carbocycles. The number of carbonyl (C=O) groups excluding carboxylic acids is 3. The Bertz CT molecular complexity index is 1330. The van der Waals surface area contributed by atoms with Crippen LogP contribution in [0.1, 0.15) is 69.2 Å². The normalized spacial score (nSPS) is 23.8. The molecule has 6 rings (SSSR count). The molecule has 9 nitrogen and oxygen atoms in total. The SMILES string of the molecule is CC(C)C1=NC2(CCCCCC2)N(CC(=O)Nc2cnc3c(c2)CC2(C3)C(=O)Nc3ncccc32)C1=O. The van der Waals surface area contributed by atoms with Gasteiger partial charge in [-0.25, -0.2) is 4.98 Å². The van der Waals surface area contributed by atoms with E-state index in [4.69, 9.17) is 4.99 Å². The molecule has 0 saturated heterocycles. The fraction of sp³-hybridized carbons (Fsp3) is 0.500. The number of fused-ring (bicyclic) bond motifs is 3. The highest BCUT2D eigenvalue weighted by Gasteiger charge is 2.52. The first kappa shape index (κ1) is 23.8. The standard InChI is InChI=1S/C28H32N6O3/c1-17(2)23-25(36)34(28(33-23)9-5-3-4-6-10-28)16-22(35)31-19-12-18-13-27(14-21(18)30-15-19)20-8-7-11-29-24(20)32-26(27)37/h7-8,11-12,15,17H,3-6,9-10,13-14,16H2,1-2H3,(H,31,35)(H,29,32,37). The third kappa shape index (κ3) is 3.83. The molecule has 2 aromatic heterocycles. The number of carbonyl (C=O) groups is 3. The van der Waals surface area contributed by atoms with Crippen molar-refractivity contribution in [1.29, 1.82) is 0 Å². The number of nitrogens with zero attached hydrogens (tertiary/aromatic N) is 4. The van der Waals surface area contributed by atoms with Gasteiger partial charge in [-0.3, -0.25) is 24.4 Å². The van der Waals surface area contributed by atoms with Gasteiger partial charge in [0.05, 0.1) is 17.3 Å². The summed E-state index contributed by atoms with van der Waals surface area (Å²) in [5.74, 6) is 0.175. The van der Waals surface area contributed by atoms with E-state index in [1.807, 2.05) is 32.0 Å².